The van der Waals surface area contributed by atoms with Gasteiger partial charge in [0.15, 0.2) is 0 Å². The van der Waals surface area contributed by atoms with Crippen LogP contribution >= 0.6 is 0 Å². The van der Waals surface area contributed by atoms with Gasteiger partial charge in [-0.2, -0.15) is 17.5 Å². The largest absolute Gasteiger partial charge is 0.405 e. The number of piperidine rings is 1. The molecule has 5 atom stereocenters. The number of rotatable bonds is 5. The number of halogens is 5. The van der Waals surface area contributed by atoms with Gasteiger partial charge in [-0.25, -0.2) is 17.2 Å². The normalized spacial score (nSPS) is 28.9. The third-order valence-corrected chi connectivity index (χ3v) is 10.3. The highest BCUT2D eigenvalue weighted by molar-refractivity contribution is 7.89. The fraction of sp³-hybridized carbons (Fsp3) is 0.440. The van der Waals surface area contributed by atoms with Gasteiger partial charge in [0.2, 0.25) is 10.0 Å². The van der Waals surface area contributed by atoms with E-state index in [9.17, 15) is 21.6 Å². The molecule has 13 heteroatoms. The molecule has 1 aliphatic carbocycles. The number of alkyl halides is 3. The van der Waals surface area contributed by atoms with E-state index in [-0.39, 0.29) is 30.0 Å². The minimum atomic E-state index is -4.86. The molecule has 2 aromatic carbocycles. The lowest BCUT2D eigenvalue weighted by Crippen LogP contribution is -2.52. The first-order chi connectivity index (χ1) is 18.1. The van der Waals surface area contributed by atoms with E-state index in [1.807, 2.05) is 4.57 Å². The lowest BCUT2D eigenvalue weighted by molar-refractivity contribution is -0.176. The number of aromatic nitrogens is 3. The van der Waals surface area contributed by atoms with E-state index in [4.69, 9.17) is 0 Å². The fourth-order valence-corrected chi connectivity index (χ4v) is 8.24. The second kappa shape index (κ2) is 9.01. The summed E-state index contributed by atoms with van der Waals surface area (Å²) >= 11 is 0. The Hall–Kier alpha value is -3.06. The zero-order valence-electron chi connectivity index (χ0n) is 20.0. The maximum atomic E-state index is 15.2. The molecule has 0 radical (unpaired) electrons. The minimum Gasteiger partial charge on any atom is -0.368 e. The van der Waals surface area contributed by atoms with Crippen molar-refractivity contribution >= 4 is 15.7 Å². The molecule has 7 nitrogen and oxygen atoms in total. The number of sulfonamides is 1. The number of anilines is 1. The molecule has 3 fully saturated rings. The van der Waals surface area contributed by atoms with Crippen LogP contribution in [-0.2, 0) is 16.6 Å². The van der Waals surface area contributed by atoms with Crippen LogP contribution in [0.25, 0.3) is 0 Å². The maximum absolute atomic E-state index is 15.2. The molecule has 1 saturated carbocycles. The number of benzene rings is 2. The summed E-state index contributed by atoms with van der Waals surface area (Å²) in [5, 5.41) is 6.39. The molecule has 2 aliphatic heterocycles. The number of nitrogens with zero attached hydrogens (tertiary/aromatic N) is 5. The van der Waals surface area contributed by atoms with E-state index in [2.05, 4.69) is 10.2 Å². The van der Waals surface area contributed by atoms with Gasteiger partial charge in [-0.05, 0) is 24.5 Å². The number of fused-ring (bicyclic) bond motifs is 1. The molecule has 2 saturated heterocycles. The lowest BCUT2D eigenvalue weighted by Gasteiger charge is -2.40. The van der Waals surface area contributed by atoms with Crippen molar-refractivity contribution in [3.05, 3.63) is 77.9 Å². The first kappa shape index (κ1) is 25.2. The molecule has 6 rings (SSSR count). The first-order valence-corrected chi connectivity index (χ1v) is 13.8. The van der Waals surface area contributed by atoms with Crippen LogP contribution in [-0.4, -0.2) is 52.8 Å². The van der Waals surface area contributed by atoms with Crippen LogP contribution < -0.4 is 4.90 Å². The highest BCUT2D eigenvalue weighted by Gasteiger charge is 2.57. The molecule has 0 amide bonds. The van der Waals surface area contributed by atoms with Crippen LogP contribution in [0.3, 0.4) is 0 Å². The van der Waals surface area contributed by atoms with Crippen molar-refractivity contribution in [1.29, 1.82) is 0 Å². The molecule has 38 heavy (non-hydrogen) atoms. The van der Waals surface area contributed by atoms with Gasteiger partial charge < -0.3 is 9.47 Å². The standard InChI is InChI=1S/C25H24F5N5O2S/c26-19-9-21(33-11-17-18(12-33)24(17)34-13-31-32-14-34)20(27)8-16(19)10-35-23(25(28,29)30)7-6-22(38(35,36)37)15-4-2-1-3-5-15/h1-5,8-9,13-14,17-18,22-24H,6-7,10-12H2/t17-,18+,22-,23+,24?/m0/s1. The Kier molecular flexibility index (Phi) is 5.98. The van der Waals surface area contributed by atoms with Gasteiger partial charge in [-0.15, -0.1) is 10.2 Å². The van der Waals surface area contributed by atoms with Crippen LogP contribution in [0.2, 0.25) is 0 Å². The highest BCUT2D eigenvalue weighted by atomic mass is 32.2. The molecule has 0 spiro atoms. The average Bonchev–Trinajstić information content (AvgIpc) is 3.23. The van der Waals surface area contributed by atoms with Gasteiger partial charge >= 0.3 is 6.18 Å². The van der Waals surface area contributed by atoms with Crippen LogP contribution in [0.4, 0.5) is 27.6 Å². The third kappa shape index (κ3) is 4.25. The summed E-state index contributed by atoms with van der Waals surface area (Å²) in [6, 6.07) is 7.62. The van der Waals surface area contributed by atoms with Crippen molar-refractivity contribution in [2.24, 2.45) is 11.8 Å². The topological polar surface area (TPSA) is 71.3 Å². The molecule has 3 heterocycles. The predicted octanol–water partition coefficient (Wildman–Crippen LogP) is 4.46. The average molecular weight is 554 g/mol. The van der Waals surface area contributed by atoms with Gasteiger partial charge in [0, 0.05) is 49.1 Å². The third-order valence-electron chi connectivity index (χ3n) is 8.00. The molecule has 0 bridgehead atoms. The maximum Gasteiger partial charge on any atom is 0.405 e. The Labute approximate surface area is 215 Å². The Balaban J connectivity index is 1.25. The molecule has 0 N–H and O–H groups in total. The Morgan fingerprint density at radius 3 is 2.21 bits per heavy atom. The van der Waals surface area contributed by atoms with Gasteiger partial charge in [0.05, 0.1) is 5.69 Å². The summed E-state index contributed by atoms with van der Waals surface area (Å²) in [5.74, 6) is -1.29. The minimum absolute atomic E-state index is 0.0111. The predicted molar refractivity (Wildman–Crippen MR) is 127 cm³/mol. The zero-order chi connectivity index (χ0) is 26.8. The van der Waals surface area contributed by atoms with Crippen LogP contribution in [0.1, 0.15) is 35.3 Å². The van der Waals surface area contributed by atoms with Gasteiger partial charge in [-0.3, -0.25) is 0 Å². The Bertz CT molecular complexity index is 1420. The van der Waals surface area contributed by atoms with Crippen molar-refractivity contribution in [2.75, 3.05) is 18.0 Å². The molecular weight excluding hydrogens is 529 g/mol. The van der Waals surface area contributed by atoms with Gasteiger partial charge in [0.1, 0.15) is 35.6 Å². The van der Waals surface area contributed by atoms with E-state index in [1.165, 1.54) is 12.1 Å². The van der Waals surface area contributed by atoms with Gasteiger partial charge in [0.25, 0.3) is 0 Å². The summed E-state index contributed by atoms with van der Waals surface area (Å²) in [6.07, 6.45) is -2.33. The second-order valence-corrected chi connectivity index (χ2v) is 12.2. The quantitative estimate of drug-likeness (QED) is 0.437. The molecule has 1 unspecified atom stereocenters. The Morgan fingerprint density at radius 1 is 0.921 bits per heavy atom. The smallest absolute Gasteiger partial charge is 0.368 e. The van der Waals surface area contributed by atoms with Crippen molar-refractivity contribution < 1.29 is 30.4 Å². The SMILES string of the molecule is O=S1(=O)[C@H](c2ccccc2)CC[C@H](C(F)(F)F)N1Cc1cc(F)c(N2C[C@@H]3C(n4cnnc4)[C@@H]3C2)cc1F. The number of hydrogen-bond donors (Lipinski definition) is 0. The van der Waals surface area contributed by atoms with E-state index in [0.717, 1.165) is 12.1 Å². The van der Waals surface area contributed by atoms with Crippen molar-refractivity contribution in [3.63, 3.8) is 0 Å². The molecule has 202 valence electrons. The number of hydrogen-bond acceptors (Lipinski definition) is 5. The summed E-state index contributed by atoms with van der Waals surface area (Å²) in [7, 11) is -4.53. The molecule has 1 aromatic heterocycles. The summed E-state index contributed by atoms with van der Waals surface area (Å²) < 4.78 is 101. The summed E-state index contributed by atoms with van der Waals surface area (Å²) in [5.41, 5.74) is -0.0704. The van der Waals surface area contributed by atoms with Crippen molar-refractivity contribution in [3.8, 4) is 0 Å². The molecule has 3 aromatic rings. The summed E-state index contributed by atoms with van der Waals surface area (Å²) in [4.78, 5) is 1.71. The van der Waals surface area contributed by atoms with Crippen LogP contribution in [0, 0.1) is 23.5 Å². The Morgan fingerprint density at radius 2 is 1.58 bits per heavy atom. The van der Waals surface area contributed by atoms with Crippen LogP contribution in [0.15, 0.2) is 55.1 Å². The fourth-order valence-electron chi connectivity index (χ4n) is 6.08. The van der Waals surface area contributed by atoms with E-state index < -0.39 is 57.7 Å². The highest BCUT2D eigenvalue weighted by Crippen LogP contribution is 2.56. The summed E-state index contributed by atoms with van der Waals surface area (Å²) in [6.45, 7) is 0.0527. The zero-order valence-corrected chi connectivity index (χ0v) is 20.8. The molecular formula is C25H24F5N5O2S. The van der Waals surface area contributed by atoms with Crippen molar-refractivity contribution in [2.45, 2.75) is 42.9 Å². The molecule has 3 aliphatic rings. The van der Waals surface area contributed by atoms with Crippen molar-refractivity contribution in [1.82, 2.24) is 19.1 Å². The monoisotopic (exact) mass is 553 g/mol. The second-order valence-electron chi connectivity index (χ2n) is 10.2. The van der Waals surface area contributed by atoms with Crippen LogP contribution in [0.5, 0.6) is 0 Å². The van der Waals surface area contributed by atoms with E-state index >= 15 is 8.78 Å². The lowest BCUT2D eigenvalue weighted by atomic mass is 10.0. The van der Waals surface area contributed by atoms with E-state index in [0.29, 0.717) is 23.0 Å². The van der Waals surface area contributed by atoms with E-state index in [1.54, 1.807) is 35.8 Å². The van der Waals surface area contributed by atoms with Gasteiger partial charge in [-0.1, -0.05) is 30.3 Å². The first-order valence-electron chi connectivity index (χ1n) is 12.2.